The normalized spacial score (nSPS) is 21.6. The van der Waals surface area contributed by atoms with Gasteiger partial charge in [-0.3, -0.25) is 9.59 Å². The van der Waals surface area contributed by atoms with Crippen LogP contribution in [0.25, 0.3) is 11.1 Å². The molecule has 0 spiro atoms. The third kappa shape index (κ3) is 4.20. The number of hydrogen-bond donors (Lipinski definition) is 1. The molecule has 1 saturated carbocycles. The van der Waals surface area contributed by atoms with Crippen LogP contribution >= 0.6 is 11.6 Å². The SMILES string of the molecule is Cc1ccc(C(=O)N2C[C@H]3C[C@H]3[C@H]2CNC(=O)c2cccc3c2OCCO3)c(-c2cccc(Cl)c2)c1. The van der Waals surface area contributed by atoms with E-state index in [-0.39, 0.29) is 17.9 Å². The molecule has 0 aromatic heterocycles. The molecular formula is C29H27ClN2O4. The fourth-order valence-electron chi connectivity index (χ4n) is 5.51. The van der Waals surface area contributed by atoms with Crippen molar-refractivity contribution >= 4 is 23.4 Å². The Kier molecular flexibility index (Phi) is 5.84. The van der Waals surface area contributed by atoms with Gasteiger partial charge in [0.15, 0.2) is 11.5 Å². The Labute approximate surface area is 215 Å². The van der Waals surface area contributed by atoms with E-state index in [0.29, 0.717) is 65.8 Å². The molecule has 184 valence electrons. The van der Waals surface area contributed by atoms with Gasteiger partial charge >= 0.3 is 0 Å². The van der Waals surface area contributed by atoms with Crippen molar-refractivity contribution in [3.05, 3.63) is 82.4 Å². The van der Waals surface area contributed by atoms with E-state index in [0.717, 1.165) is 23.1 Å². The first-order chi connectivity index (χ1) is 17.5. The predicted octanol–water partition coefficient (Wildman–Crippen LogP) is 4.98. The van der Waals surface area contributed by atoms with Crippen LogP contribution in [0.3, 0.4) is 0 Å². The van der Waals surface area contributed by atoms with E-state index < -0.39 is 0 Å². The van der Waals surface area contributed by atoms with Gasteiger partial charge in [-0.1, -0.05) is 47.5 Å². The summed E-state index contributed by atoms with van der Waals surface area (Å²) in [4.78, 5) is 28.9. The van der Waals surface area contributed by atoms with E-state index in [1.54, 1.807) is 18.2 Å². The fraction of sp³-hybridized carbons (Fsp3) is 0.310. The minimum absolute atomic E-state index is 0.00903. The van der Waals surface area contributed by atoms with Crippen molar-refractivity contribution in [2.45, 2.75) is 19.4 Å². The number of fused-ring (bicyclic) bond motifs is 2. The second kappa shape index (κ2) is 9.17. The molecule has 3 aromatic carbocycles. The van der Waals surface area contributed by atoms with Crippen molar-refractivity contribution in [2.24, 2.45) is 11.8 Å². The lowest BCUT2D eigenvalue weighted by molar-refractivity contribution is 0.0695. The number of aryl methyl sites for hydroxylation is 1. The second-order valence-electron chi connectivity index (χ2n) is 9.78. The number of nitrogens with zero attached hydrogens (tertiary/aromatic N) is 1. The first-order valence-electron chi connectivity index (χ1n) is 12.3. The average molecular weight is 503 g/mol. The molecule has 6 nitrogen and oxygen atoms in total. The molecular weight excluding hydrogens is 476 g/mol. The highest BCUT2D eigenvalue weighted by Gasteiger charge is 2.54. The van der Waals surface area contributed by atoms with Gasteiger partial charge < -0.3 is 19.7 Å². The van der Waals surface area contributed by atoms with E-state index in [9.17, 15) is 9.59 Å². The Morgan fingerprint density at radius 2 is 1.86 bits per heavy atom. The number of likely N-dealkylation sites (tertiary alicyclic amines) is 1. The van der Waals surface area contributed by atoms with Crippen molar-refractivity contribution in [2.75, 3.05) is 26.3 Å². The molecule has 3 aliphatic rings. The molecule has 1 aliphatic carbocycles. The minimum atomic E-state index is -0.219. The van der Waals surface area contributed by atoms with Gasteiger partial charge in [-0.05, 0) is 66.6 Å². The van der Waals surface area contributed by atoms with E-state index in [2.05, 4.69) is 5.32 Å². The third-order valence-corrected chi connectivity index (χ3v) is 7.62. The van der Waals surface area contributed by atoms with Gasteiger partial charge in [0.25, 0.3) is 11.8 Å². The topological polar surface area (TPSA) is 67.9 Å². The van der Waals surface area contributed by atoms with Gasteiger partial charge in [-0.15, -0.1) is 0 Å². The summed E-state index contributed by atoms with van der Waals surface area (Å²) in [7, 11) is 0. The molecule has 1 N–H and O–H groups in total. The van der Waals surface area contributed by atoms with Crippen LogP contribution in [0.5, 0.6) is 11.5 Å². The second-order valence-corrected chi connectivity index (χ2v) is 10.2. The summed E-state index contributed by atoms with van der Waals surface area (Å²) in [5.74, 6) is 1.75. The fourth-order valence-corrected chi connectivity index (χ4v) is 5.70. The molecule has 3 aromatic rings. The number of rotatable bonds is 5. The summed E-state index contributed by atoms with van der Waals surface area (Å²) in [5.41, 5.74) is 3.98. The van der Waals surface area contributed by atoms with Crippen molar-refractivity contribution in [1.82, 2.24) is 10.2 Å². The lowest BCUT2D eigenvalue weighted by Crippen LogP contribution is -2.45. The van der Waals surface area contributed by atoms with Gasteiger partial charge in [-0.25, -0.2) is 0 Å². The van der Waals surface area contributed by atoms with Gasteiger partial charge in [-0.2, -0.15) is 0 Å². The monoisotopic (exact) mass is 502 g/mol. The summed E-state index contributed by atoms with van der Waals surface area (Å²) in [6, 6.07) is 18.8. The van der Waals surface area contributed by atoms with Crippen LogP contribution in [-0.4, -0.2) is 49.1 Å². The summed E-state index contributed by atoms with van der Waals surface area (Å²) in [6.07, 6.45) is 1.09. The van der Waals surface area contributed by atoms with Gasteiger partial charge in [0.2, 0.25) is 0 Å². The molecule has 3 atom stereocenters. The van der Waals surface area contributed by atoms with Crippen LogP contribution in [-0.2, 0) is 0 Å². The summed E-state index contributed by atoms with van der Waals surface area (Å²) < 4.78 is 11.3. The van der Waals surface area contributed by atoms with Crippen molar-refractivity contribution in [3.8, 4) is 22.6 Å². The zero-order valence-corrected chi connectivity index (χ0v) is 20.8. The number of benzene rings is 3. The number of para-hydroxylation sites is 1. The zero-order chi connectivity index (χ0) is 24.8. The van der Waals surface area contributed by atoms with E-state index >= 15 is 0 Å². The summed E-state index contributed by atoms with van der Waals surface area (Å²) in [6.45, 7) is 4.01. The van der Waals surface area contributed by atoms with Crippen LogP contribution in [0, 0.1) is 18.8 Å². The lowest BCUT2D eigenvalue weighted by atomic mass is 9.96. The van der Waals surface area contributed by atoms with Crippen LogP contribution in [0.15, 0.2) is 60.7 Å². The molecule has 0 radical (unpaired) electrons. The average Bonchev–Trinajstić information content (AvgIpc) is 3.57. The van der Waals surface area contributed by atoms with Crippen LogP contribution in [0.2, 0.25) is 5.02 Å². The number of nitrogens with one attached hydrogen (secondary N) is 1. The number of halogens is 1. The number of ether oxygens (including phenoxy) is 2. The summed E-state index contributed by atoms with van der Waals surface area (Å²) in [5, 5.41) is 3.69. The Balaban J connectivity index is 1.23. The highest BCUT2D eigenvalue weighted by atomic mass is 35.5. The number of piperidine rings is 1. The first-order valence-corrected chi connectivity index (χ1v) is 12.7. The van der Waals surface area contributed by atoms with E-state index in [4.69, 9.17) is 21.1 Å². The maximum Gasteiger partial charge on any atom is 0.255 e. The molecule has 0 bridgehead atoms. The summed E-state index contributed by atoms with van der Waals surface area (Å²) >= 11 is 6.26. The van der Waals surface area contributed by atoms with Gasteiger partial charge in [0, 0.05) is 23.7 Å². The first kappa shape index (κ1) is 22.9. The van der Waals surface area contributed by atoms with Gasteiger partial charge in [0.05, 0.1) is 11.6 Å². The Morgan fingerprint density at radius 1 is 1.03 bits per heavy atom. The molecule has 0 unspecified atom stereocenters. The van der Waals surface area contributed by atoms with Crippen molar-refractivity contribution < 1.29 is 19.1 Å². The highest BCUT2D eigenvalue weighted by molar-refractivity contribution is 6.30. The van der Waals surface area contributed by atoms with E-state index in [1.807, 2.05) is 54.3 Å². The standard InChI is InChI=1S/C29H27ClN2O4/c1-17-8-9-21(23(12-17)18-4-2-5-20(30)13-18)29(34)32-16-19-14-24(19)25(32)15-31-28(33)22-6-3-7-26-27(22)36-11-10-35-26/h2-9,12-13,19,24-25H,10-11,14-16H2,1H3,(H,31,33)/t19-,24-,25-/m1/s1. The van der Waals surface area contributed by atoms with Crippen LogP contribution in [0.1, 0.15) is 32.7 Å². The van der Waals surface area contributed by atoms with E-state index in [1.165, 1.54) is 0 Å². The highest BCUT2D eigenvalue weighted by Crippen LogP contribution is 2.50. The molecule has 2 aliphatic heterocycles. The largest absolute Gasteiger partial charge is 0.486 e. The zero-order valence-electron chi connectivity index (χ0n) is 20.0. The Bertz CT molecular complexity index is 1360. The number of carbonyl (C=O) groups excluding carboxylic acids is 2. The number of carbonyl (C=O) groups is 2. The molecule has 36 heavy (non-hydrogen) atoms. The number of hydrogen-bond acceptors (Lipinski definition) is 4. The molecule has 2 amide bonds. The minimum Gasteiger partial charge on any atom is -0.486 e. The predicted molar refractivity (Wildman–Crippen MR) is 138 cm³/mol. The van der Waals surface area contributed by atoms with Gasteiger partial charge in [0.1, 0.15) is 13.2 Å². The maximum atomic E-state index is 13.9. The van der Waals surface area contributed by atoms with Crippen molar-refractivity contribution in [3.63, 3.8) is 0 Å². The number of amides is 2. The molecule has 1 saturated heterocycles. The van der Waals surface area contributed by atoms with Crippen LogP contribution < -0.4 is 14.8 Å². The Hall–Kier alpha value is -3.51. The molecule has 2 fully saturated rings. The lowest BCUT2D eigenvalue weighted by Gasteiger charge is -2.29. The van der Waals surface area contributed by atoms with Crippen LogP contribution in [0.4, 0.5) is 0 Å². The molecule has 7 heteroatoms. The maximum absolute atomic E-state index is 13.9. The third-order valence-electron chi connectivity index (χ3n) is 7.39. The Morgan fingerprint density at radius 3 is 2.72 bits per heavy atom. The quantitative estimate of drug-likeness (QED) is 0.534. The smallest absolute Gasteiger partial charge is 0.255 e. The molecule has 6 rings (SSSR count). The van der Waals surface area contributed by atoms with Crippen molar-refractivity contribution in [1.29, 1.82) is 0 Å². The molecule has 2 heterocycles.